The molecule has 3 atom stereocenters. The van der Waals surface area contributed by atoms with E-state index >= 15 is 0 Å². The number of ether oxygens (including phenoxy) is 1. The van der Waals surface area contributed by atoms with Gasteiger partial charge in [-0.2, -0.15) is 0 Å². The number of imide groups is 1. The minimum Gasteiger partial charge on any atom is -0.496 e. The predicted octanol–water partition coefficient (Wildman–Crippen LogP) is 4.38. The molecule has 2 fully saturated rings. The second-order valence-electron chi connectivity index (χ2n) is 9.84. The van der Waals surface area contributed by atoms with Crippen LogP contribution < -0.4 is 14.5 Å². The third kappa shape index (κ3) is 4.48. The van der Waals surface area contributed by atoms with Crippen LogP contribution in [0.1, 0.15) is 35.6 Å². The monoisotopic (exact) mass is 583 g/mol. The summed E-state index contributed by atoms with van der Waals surface area (Å²) in [5.41, 5.74) is 1.18. The zero-order valence-electron chi connectivity index (χ0n) is 21.2. The van der Waals surface area contributed by atoms with Gasteiger partial charge in [-0.05, 0) is 49.6 Å². The number of halogens is 1. The number of amides is 3. The lowest BCUT2D eigenvalue weighted by atomic mass is 9.82. The Hall–Kier alpha value is -3.08. The Morgan fingerprint density at radius 2 is 1.72 bits per heavy atom. The quantitative estimate of drug-likeness (QED) is 0.414. The fourth-order valence-electron chi connectivity index (χ4n) is 5.74. The van der Waals surface area contributed by atoms with Gasteiger partial charge in [-0.3, -0.25) is 23.7 Å². The average molecular weight is 584 g/mol. The Kier molecular flexibility index (Phi) is 7.03. The number of aromatic nitrogens is 1. The van der Waals surface area contributed by atoms with Crippen molar-refractivity contribution < 1.29 is 19.1 Å². The van der Waals surface area contributed by atoms with Crippen LogP contribution in [0.5, 0.6) is 5.75 Å². The molecule has 3 aliphatic heterocycles. The first kappa shape index (κ1) is 26.2. The number of thioether (sulfide) groups is 1. The highest BCUT2D eigenvalue weighted by molar-refractivity contribution is 8.00. The molecule has 0 radical (unpaired) electrons. The number of anilines is 1. The van der Waals surface area contributed by atoms with E-state index in [0.717, 1.165) is 36.2 Å². The van der Waals surface area contributed by atoms with Gasteiger partial charge >= 0.3 is 4.87 Å². The molecule has 0 aliphatic carbocycles. The van der Waals surface area contributed by atoms with E-state index in [9.17, 15) is 19.2 Å². The summed E-state index contributed by atoms with van der Waals surface area (Å²) in [6.45, 7) is 1.28. The molecule has 2 saturated heterocycles. The van der Waals surface area contributed by atoms with Crippen molar-refractivity contribution in [1.29, 1.82) is 0 Å². The van der Waals surface area contributed by atoms with E-state index in [1.54, 1.807) is 36.3 Å². The van der Waals surface area contributed by atoms with Crippen molar-refractivity contribution >= 4 is 58.1 Å². The Morgan fingerprint density at radius 1 is 1.00 bits per heavy atom. The van der Waals surface area contributed by atoms with Crippen LogP contribution in [-0.2, 0) is 20.9 Å². The minimum absolute atomic E-state index is 0.0866. The second-order valence-corrected chi connectivity index (χ2v) is 12.4. The molecule has 202 valence electrons. The molecule has 3 amide bonds. The molecule has 0 bridgehead atoms. The number of hydrogen-bond acceptors (Lipinski definition) is 7. The van der Waals surface area contributed by atoms with Gasteiger partial charge in [-0.25, -0.2) is 4.90 Å². The summed E-state index contributed by atoms with van der Waals surface area (Å²) in [6.07, 6.45) is 3.00. The van der Waals surface area contributed by atoms with Crippen LogP contribution in [0.4, 0.5) is 5.69 Å². The van der Waals surface area contributed by atoms with E-state index in [1.165, 1.54) is 21.2 Å². The molecule has 3 aromatic rings. The molecule has 0 N–H and O–H groups in total. The number of methoxy groups -OCH3 is 1. The lowest BCUT2D eigenvalue weighted by molar-refractivity contribution is -0.133. The van der Waals surface area contributed by atoms with Gasteiger partial charge < -0.3 is 9.64 Å². The Balaban J connectivity index is 1.46. The summed E-state index contributed by atoms with van der Waals surface area (Å²) in [4.78, 5) is 57.7. The van der Waals surface area contributed by atoms with Crippen molar-refractivity contribution in [3.8, 4) is 5.75 Å². The standard InChI is InChI=1S/C28H26ClN3O5S2/c1-37-19-8-4-3-7-18(19)21-22-23(26(35)32(25(22)34)17-11-9-16(29)10-12-17)38-27-24(21)39-28(36)31(27)15-20(33)30-13-5-2-6-14-30/h3-4,7-12,21-23H,2,5-6,13-15H2,1H3. The van der Waals surface area contributed by atoms with Gasteiger partial charge in [-0.1, -0.05) is 52.9 Å². The largest absolute Gasteiger partial charge is 0.496 e. The van der Waals surface area contributed by atoms with Crippen molar-refractivity contribution in [2.24, 2.45) is 5.92 Å². The van der Waals surface area contributed by atoms with Crippen LogP contribution in [0, 0.1) is 5.92 Å². The molecule has 8 nitrogen and oxygen atoms in total. The summed E-state index contributed by atoms with van der Waals surface area (Å²) in [5.74, 6) is -1.55. The number of carbonyl (C=O) groups excluding carboxylic acids is 3. The maximum absolute atomic E-state index is 14.0. The van der Waals surface area contributed by atoms with Crippen LogP contribution in [0.2, 0.25) is 5.02 Å². The van der Waals surface area contributed by atoms with Crippen LogP contribution in [0.25, 0.3) is 0 Å². The van der Waals surface area contributed by atoms with E-state index in [0.29, 0.717) is 39.5 Å². The lowest BCUT2D eigenvalue weighted by Crippen LogP contribution is -2.39. The SMILES string of the molecule is COc1ccccc1C1c2sc(=O)n(CC(=O)N3CCCCC3)c2SC2C(=O)N(c3ccc(Cl)cc3)C(=O)C21. The van der Waals surface area contributed by atoms with Gasteiger partial charge in [0.15, 0.2) is 0 Å². The molecule has 6 rings (SSSR count). The normalized spacial score (nSPS) is 22.6. The van der Waals surface area contributed by atoms with Crippen molar-refractivity contribution in [2.75, 3.05) is 25.1 Å². The third-order valence-electron chi connectivity index (χ3n) is 7.61. The fourth-order valence-corrected chi connectivity index (χ4v) is 8.63. The first-order chi connectivity index (χ1) is 18.9. The molecule has 1 aromatic heterocycles. The highest BCUT2D eigenvalue weighted by Crippen LogP contribution is 2.55. The Bertz CT molecular complexity index is 1510. The maximum Gasteiger partial charge on any atom is 0.308 e. The number of rotatable bonds is 5. The van der Waals surface area contributed by atoms with Crippen molar-refractivity contribution in [3.63, 3.8) is 0 Å². The van der Waals surface area contributed by atoms with E-state index < -0.39 is 17.1 Å². The van der Waals surface area contributed by atoms with Crippen molar-refractivity contribution in [2.45, 2.75) is 42.0 Å². The highest BCUT2D eigenvalue weighted by atomic mass is 35.5. The summed E-state index contributed by atoms with van der Waals surface area (Å²) in [5, 5.41) is 0.314. The van der Waals surface area contributed by atoms with Gasteiger partial charge in [0.25, 0.3) is 0 Å². The maximum atomic E-state index is 14.0. The van der Waals surface area contributed by atoms with Crippen molar-refractivity contribution in [3.05, 3.63) is 73.7 Å². The van der Waals surface area contributed by atoms with Gasteiger partial charge in [0.1, 0.15) is 17.5 Å². The lowest BCUT2D eigenvalue weighted by Gasteiger charge is -2.32. The van der Waals surface area contributed by atoms with Crippen LogP contribution in [0.15, 0.2) is 58.4 Å². The number of benzene rings is 2. The first-order valence-electron chi connectivity index (χ1n) is 12.8. The molecule has 3 aliphatic rings. The van der Waals surface area contributed by atoms with E-state index in [1.807, 2.05) is 24.3 Å². The zero-order valence-corrected chi connectivity index (χ0v) is 23.6. The summed E-state index contributed by atoms with van der Waals surface area (Å²) in [6, 6.07) is 14.0. The number of fused-ring (bicyclic) bond motifs is 2. The number of piperidine rings is 1. The van der Waals surface area contributed by atoms with E-state index in [2.05, 4.69) is 0 Å². The van der Waals surface area contributed by atoms with Gasteiger partial charge in [0.2, 0.25) is 17.7 Å². The predicted molar refractivity (Wildman–Crippen MR) is 151 cm³/mol. The first-order valence-corrected chi connectivity index (χ1v) is 14.9. The van der Waals surface area contributed by atoms with Gasteiger partial charge in [0.05, 0.1) is 23.7 Å². The number of likely N-dealkylation sites (tertiary alicyclic amines) is 1. The minimum atomic E-state index is -0.763. The number of para-hydroxylation sites is 1. The Labute approximate surface area is 238 Å². The van der Waals surface area contributed by atoms with Crippen LogP contribution in [0.3, 0.4) is 0 Å². The molecular formula is C28H26ClN3O5S2. The summed E-state index contributed by atoms with van der Waals surface area (Å²) in [7, 11) is 1.56. The smallest absolute Gasteiger partial charge is 0.308 e. The molecule has 39 heavy (non-hydrogen) atoms. The third-order valence-corrected chi connectivity index (χ3v) is 10.5. The number of nitrogens with zero attached hydrogens (tertiary/aromatic N) is 3. The summed E-state index contributed by atoms with van der Waals surface area (Å²) < 4.78 is 7.15. The molecular weight excluding hydrogens is 558 g/mol. The van der Waals surface area contributed by atoms with Crippen molar-refractivity contribution in [1.82, 2.24) is 9.47 Å². The number of hydrogen-bond donors (Lipinski definition) is 0. The molecule has 4 heterocycles. The molecule has 0 spiro atoms. The summed E-state index contributed by atoms with van der Waals surface area (Å²) >= 11 is 8.31. The fraction of sp³-hybridized carbons (Fsp3) is 0.357. The van der Waals surface area contributed by atoms with E-state index in [-0.39, 0.29) is 29.1 Å². The van der Waals surface area contributed by atoms with Gasteiger partial charge in [-0.15, -0.1) is 0 Å². The van der Waals surface area contributed by atoms with Crippen LogP contribution in [-0.4, -0.2) is 52.6 Å². The topological polar surface area (TPSA) is 88.9 Å². The zero-order chi connectivity index (χ0) is 27.3. The van der Waals surface area contributed by atoms with Crippen LogP contribution >= 0.6 is 34.7 Å². The molecule has 0 saturated carbocycles. The molecule has 2 aromatic carbocycles. The van der Waals surface area contributed by atoms with E-state index in [4.69, 9.17) is 16.3 Å². The molecule has 11 heteroatoms. The Morgan fingerprint density at radius 3 is 2.44 bits per heavy atom. The van der Waals surface area contributed by atoms with Gasteiger partial charge in [0, 0.05) is 34.5 Å². The highest BCUT2D eigenvalue weighted by Gasteiger charge is 2.57. The second kappa shape index (κ2) is 10.5. The number of thiazole rings is 1. The average Bonchev–Trinajstić information content (AvgIpc) is 3.40. The number of carbonyl (C=O) groups is 3. The molecule has 3 unspecified atom stereocenters.